The van der Waals surface area contributed by atoms with Crippen molar-refractivity contribution in [3.05, 3.63) is 93.1 Å². The topological polar surface area (TPSA) is 61.8 Å². The Balaban J connectivity index is 1.76. The van der Waals surface area contributed by atoms with Crippen LogP contribution in [0.15, 0.2) is 70.5 Å². The van der Waals surface area contributed by atoms with E-state index in [-0.39, 0.29) is 23.1 Å². The van der Waals surface area contributed by atoms with E-state index in [1.165, 1.54) is 21.3 Å². The van der Waals surface area contributed by atoms with Gasteiger partial charge in [0, 0.05) is 12.6 Å². The first-order chi connectivity index (χ1) is 15.1. The molecule has 0 atom stereocenters. The molecule has 1 saturated carbocycles. The molecule has 0 saturated heterocycles. The van der Waals surface area contributed by atoms with Crippen molar-refractivity contribution < 1.29 is 4.39 Å². The Morgan fingerprint density at radius 1 is 0.968 bits per heavy atom. The fourth-order valence-corrected chi connectivity index (χ4v) is 4.58. The molecule has 31 heavy (non-hydrogen) atoms. The molecule has 0 radical (unpaired) electrons. The Morgan fingerprint density at radius 3 is 2.48 bits per heavy atom. The van der Waals surface area contributed by atoms with Crippen LogP contribution < -0.4 is 11.2 Å². The Kier molecular flexibility index (Phi) is 5.02. The van der Waals surface area contributed by atoms with Gasteiger partial charge in [0.1, 0.15) is 5.82 Å². The molecule has 0 spiro atoms. The number of imidazole rings is 1. The van der Waals surface area contributed by atoms with Crippen LogP contribution in [0.5, 0.6) is 0 Å². The Bertz CT molecular complexity index is 1350. The number of hydrogen-bond acceptors (Lipinski definition) is 3. The molecule has 0 aliphatic heterocycles. The molecule has 1 fully saturated rings. The molecule has 6 nitrogen and oxygen atoms in total. The fourth-order valence-electron chi connectivity index (χ4n) is 4.58. The van der Waals surface area contributed by atoms with Gasteiger partial charge in [-0.05, 0) is 42.7 Å². The first-order valence-electron chi connectivity index (χ1n) is 10.7. The van der Waals surface area contributed by atoms with Gasteiger partial charge in [-0.2, -0.15) is 0 Å². The number of halogens is 1. The molecule has 1 aliphatic carbocycles. The van der Waals surface area contributed by atoms with Gasteiger partial charge in [0.25, 0.3) is 5.56 Å². The number of para-hydroxylation sites is 1. The van der Waals surface area contributed by atoms with Gasteiger partial charge in [-0.3, -0.25) is 9.36 Å². The van der Waals surface area contributed by atoms with Crippen molar-refractivity contribution in [1.29, 1.82) is 0 Å². The zero-order valence-electron chi connectivity index (χ0n) is 17.1. The summed E-state index contributed by atoms with van der Waals surface area (Å²) in [4.78, 5) is 31.6. The summed E-state index contributed by atoms with van der Waals surface area (Å²) < 4.78 is 18.3. The maximum Gasteiger partial charge on any atom is 0.337 e. The highest BCUT2D eigenvalue weighted by atomic mass is 19.1. The van der Waals surface area contributed by atoms with Gasteiger partial charge < -0.3 is 4.57 Å². The average molecular weight is 418 g/mol. The predicted octanol–water partition coefficient (Wildman–Crippen LogP) is 4.04. The van der Waals surface area contributed by atoms with Crippen molar-refractivity contribution in [3.63, 3.8) is 0 Å². The van der Waals surface area contributed by atoms with Crippen LogP contribution in [-0.4, -0.2) is 18.7 Å². The van der Waals surface area contributed by atoms with Gasteiger partial charge in [-0.1, -0.05) is 49.6 Å². The molecular weight excluding hydrogens is 395 g/mol. The van der Waals surface area contributed by atoms with Gasteiger partial charge in [-0.15, -0.1) is 0 Å². The SMILES string of the molecule is O=c1c2c(ncn2Cc2cccc(F)c2)n(-c2ccccc2)c(=O)n1C1CCCCC1. The van der Waals surface area contributed by atoms with Gasteiger partial charge in [0.05, 0.1) is 12.0 Å². The molecular formula is C24H23FN4O2. The van der Waals surface area contributed by atoms with Gasteiger partial charge in [-0.25, -0.2) is 18.7 Å². The summed E-state index contributed by atoms with van der Waals surface area (Å²) in [7, 11) is 0. The van der Waals surface area contributed by atoms with Crippen LogP contribution in [0.1, 0.15) is 43.7 Å². The molecule has 158 valence electrons. The van der Waals surface area contributed by atoms with Crippen LogP contribution in [-0.2, 0) is 6.54 Å². The van der Waals surface area contributed by atoms with E-state index in [2.05, 4.69) is 4.98 Å². The smallest absolute Gasteiger partial charge is 0.320 e. The van der Waals surface area contributed by atoms with Gasteiger partial charge in [0.15, 0.2) is 11.2 Å². The molecule has 1 aliphatic rings. The Hall–Kier alpha value is -3.48. The van der Waals surface area contributed by atoms with Gasteiger partial charge in [0.2, 0.25) is 0 Å². The number of nitrogens with zero attached hydrogens (tertiary/aromatic N) is 4. The van der Waals surface area contributed by atoms with E-state index in [9.17, 15) is 14.0 Å². The summed E-state index contributed by atoms with van der Waals surface area (Å²) in [5.74, 6) is -0.331. The molecule has 2 aromatic carbocycles. The monoisotopic (exact) mass is 418 g/mol. The summed E-state index contributed by atoms with van der Waals surface area (Å²) in [6.07, 6.45) is 6.31. The lowest BCUT2D eigenvalue weighted by molar-refractivity contribution is 0.335. The summed E-state index contributed by atoms with van der Waals surface area (Å²) in [5.41, 5.74) is 1.39. The molecule has 7 heteroatoms. The second-order valence-electron chi connectivity index (χ2n) is 8.10. The van der Waals surface area contributed by atoms with E-state index < -0.39 is 0 Å². The molecule has 2 aromatic heterocycles. The first kappa shape index (κ1) is 19.5. The minimum Gasteiger partial charge on any atom is -0.320 e. The van der Waals surface area contributed by atoms with Gasteiger partial charge >= 0.3 is 5.69 Å². The van der Waals surface area contributed by atoms with E-state index in [1.807, 2.05) is 36.4 Å². The first-order valence-corrected chi connectivity index (χ1v) is 10.7. The van der Waals surface area contributed by atoms with Crippen LogP contribution in [0, 0.1) is 5.82 Å². The normalized spacial score (nSPS) is 14.9. The van der Waals surface area contributed by atoms with Crippen molar-refractivity contribution in [2.75, 3.05) is 0 Å². The quantitative estimate of drug-likeness (QED) is 0.503. The fraction of sp³-hybridized carbons (Fsp3) is 0.292. The van der Waals surface area contributed by atoms with E-state index in [4.69, 9.17) is 0 Å². The minimum atomic E-state index is -0.355. The van der Waals surface area contributed by atoms with Crippen molar-refractivity contribution >= 4 is 11.2 Å². The molecule has 0 bridgehead atoms. The third-order valence-corrected chi connectivity index (χ3v) is 6.05. The molecule has 0 unspecified atom stereocenters. The lowest BCUT2D eigenvalue weighted by Crippen LogP contribution is -2.43. The number of rotatable bonds is 4. The van der Waals surface area contributed by atoms with Crippen molar-refractivity contribution in [1.82, 2.24) is 18.7 Å². The van der Waals surface area contributed by atoms with Crippen molar-refractivity contribution in [2.45, 2.75) is 44.7 Å². The second-order valence-corrected chi connectivity index (χ2v) is 8.10. The molecule has 0 N–H and O–H groups in total. The molecule has 0 amide bonds. The highest BCUT2D eigenvalue weighted by Crippen LogP contribution is 2.26. The maximum atomic E-state index is 13.7. The van der Waals surface area contributed by atoms with E-state index in [1.54, 1.807) is 17.0 Å². The lowest BCUT2D eigenvalue weighted by atomic mass is 9.95. The summed E-state index contributed by atoms with van der Waals surface area (Å²) in [6, 6.07) is 15.4. The third kappa shape index (κ3) is 3.50. The van der Waals surface area contributed by atoms with Crippen LogP contribution >= 0.6 is 0 Å². The summed E-state index contributed by atoms with van der Waals surface area (Å²) >= 11 is 0. The third-order valence-electron chi connectivity index (χ3n) is 6.05. The van der Waals surface area contributed by atoms with Crippen molar-refractivity contribution in [2.24, 2.45) is 0 Å². The molecule has 2 heterocycles. The minimum absolute atomic E-state index is 0.120. The number of aromatic nitrogens is 4. The predicted molar refractivity (Wildman–Crippen MR) is 117 cm³/mol. The highest BCUT2D eigenvalue weighted by Gasteiger charge is 2.25. The van der Waals surface area contributed by atoms with Crippen LogP contribution in [0.2, 0.25) is 0 Å². The molecule has 4 aromatic rings. The number of benzene rings is 2. The Morgan fingerprint density at radius 2 is 1.74 bits per heavy atom. The van der Waals surface area contributed by atoms with E-state index in [0.717, 1.165) is 37.7 Å². The standard InChI is InChI=1S/C24H23FN4O2/c25-18-9-7-8-17(14-18)15-27-16-26-22-21(27)23(30)29(20-12-5-2-6-13-20)24(31)28(22)19-10-3-1-4-11-19/h1,3-4,7-11,14,16,20H,2,5-6,12-13,15H2. The van der Waals surface area contributed by atoms with E-state index >= 15 is 0 Å². The second kappa shape index (κ2) is 7.98. The number of fused-ring (bicyclic) bond motifs is 1. The zero-order chi connectivity index (χ0) is 21.4. The zero-order valence-corrected chi connectivity index (χ0v) is 17.1. The van der Waals surface area contributed by atoms with Crippen molar-refractivity contribution in [3.8, 4) is 5.69 Å². The lowest BCUT2D eigenvalue weighted by Gasteiger charge is -2.24. The van der Waals surface area contributed by atoms with E-state index in [0.29, 0.717) is 23.4 Å². The van der Waals surface area contributed by atoms with Crippen LogP contribution in [0.3, 0.4) is 0 Å². The van der Waals surface area contributed by atoms with Crippen LogP contribution in [0.25, 0.3) is 16.9 Å². The Labute approximate surface area is 178 Å². The highest BCUT2D eigenvalue weighted by molar-refractivity contribution is 5.72. The van der Waals surface area contributed by atoms with Crippen LogP contribution in [0.4, 0.5) is 4.39 Å². The summed E-state index contributed by atoms with van der Waals surface area (Å²) in [5, 5.41) is 0. The maximum absolute atomic E-state index is 13.7. The average Bonchev–Trinajstić information content (AvgIpc) is 3.19. The number of hydrogen-bond donors (Lipinski definition) is 0. The largest absolute Gasteiger partial charge is 0.337 e. The summed E-state index contributed by atoms with van der Waals surface area (Å²) in [6.45, 7) is 0.293. The molecule has 5 rings (SSSR count).